The molecule has 100 valence electrons. The summed E-state index contributed by atoms with van der Waals surface area (Å²) < 4.78 is 35.3. The summed E-state index contributed by atoms with van der Waals surface area (Å²) in [6.45, 7) is -1.57. The number of hydrogen-bond donors (Lipinski definition) is 3. The highest BCUT2D eigenvalue weighted by molar-refractivity contribution is 7.09. The number of halogens is 3. The molecule has 0 saturated heterocycles. The summed E-state index contributed by atoms with van der Waals surface area (Å²) in [4.78, 5) is 25.1. The SMILES string of the molecule is O=C(NCc1nc(C(=O)O)cs1)NCC(F)(F)F. The van der Waals surface area contributed by atoms with E-state index in [2.05, 4.69) is 10.3 Å². The lowest BCUT2D eigenvalue weighted by Gasteiger charge is -2.08. The van der Waals surface area contributed by atoms with Gasteiger partial charge in [-0.3, -0.25) is 0 Å². The molecular weight excluding hydrogens is 275 g/mol. The smallest absolute Gasteiger partial charge is 0.405 e. The van der Waals surface area contributed by atoms with Crippen LogP contribution in [-0.4, -0.2) is 34.8 Å². The molecule has 1 rings (SSSR count). The average Bonchev–Trinajstić information content (AvgIpc) is 2.71. The fourth-order valence-corrected chi connectivity index (χ4v) is 1.60. The lowest BCUT2D eigenvalue weighted by molar-refractivity contribution is -0.122. The molecule has 6 nitrogen and oxygen atoms in total. The normalized spacial score (nSPS) is 11.1. The minimum absolute atomic E-state index is 0.137. The number of carboxylic acid groups (broad SMARTS) is 1. The van der Waals surface area contributed by atoms with Crippen LogP contribution < -0.4 is 10.6 Å². The number of nitrogens with one attached hydrogen (secondary N) is 2. The van der Waals surface area contributed by atoms with Crippen LogP contribution in [0.25, 0.3) is 0 Å². The highest BCUT2D eigenvalue weighted by atomic mass is 32.1. The quantitative estimate of drug-likeness (QED) is 0.774. The molecule has 0 radical (unpaired) electrons. The molecule has 0 aromatic carbocycles. The summed E-state index contributed by atoms with van der Waals surface area (Å²) >= 11 is 0.987. The highest BCUT2D eigenvalue weighted by Gasteiger charge is 2.27. The third-order valence-corrected chi connectivity index (χ3v) is 2.47. The van der Waals surface area contributed by atoms with E-state index in [1.54, 1.807) is 5.32 Å². The third-order valence-electron chi connectivity index (χ3n) is 1.62. The Morgan fingerprint density at radius 2 is 2.06 bits per heavy atom. The van der Waals surface area contributed by atoms with Gasteiger partial charge < -0.3 is 15.7 Å². The van der Waals surface area contributed by atoms with Crippen molar-refractivity contribution in [2.75, 3.05) is 6.54 Å². The maximum atomic E-state index is 11.8. The number of urea groups is 1. The lowest BCUT2D eigenvalue weighted by Crippen LogP contribution is -2.40. The molecular formula is C8H8F3N3O3S. The van der Waals surface area contributed by atoms with Crippen LogP contribution in [0.4, 0.5) is 18.0 Å². The second-order valence-corrected chi connectivity index (χ2v) is 4.03. The van der Waals surface area contributed by atoms with Gasteiger partial charge in [0.2, 0.25) is 0 Å². The molecule has 18 heavy (non-hydrogen) atoms. The van der Waals surface area contributed by atoms with Gasteiger partial charge in [-0.05, 0) is 0 Å². The number of carbonyl (C=O) groups excluding carboxylic acids is 1. The molecule has 0 fully saturated rings. The van der Waals surface area contributed by atoms with Gasteiger partial charge in [0.25, 0.3) is 0 Å². The van der Waals surface area contributed by atoms with Gasteiger partial charge in [0, 0.05) is 5.38 Å². The molecule has 1 heterocycles. The Balaban J connectivity index is 2.36. The van der Waals surface area contributed by atoms with Gasteiger partial charge >= 0.3 is 18.2 Å². The zero-order valence-corrected chi connectivity index (χ0v) is 9.56. The summed E-state index contributed by atoms with van der Waals surface area (Å²) in [6, 6.07) is -1.00. The minimum Gasteiger partial charge on any atom is -0.476 e. The van der Waals surface area contributed by atoms with Gasteiger partial charge in [-0.2, -0.15) is 13.2 Å². The Hall–Kier alpha value is -1.84. The van der Waals surface area contributed by atoms with Gasteiger partial charge in [0.05, 0.1) is 6.54 Å². The van der Waals surface area contributed by atoms with Crippen molar-refractivity contribution in [2.45, 2.75) is 12.7 Å². The molecule has 1 aromatic heterocycles. The second-order valence-electron chi connectivity index (χ2n) is 3.08. The minimum atomic E-state index is -4.48. The van der Waals surface area contributed by atoms with Crippen molar-refractivity contribution in [1.82, 2.24) is 15.6 Å². The van der Waals surface area contributed by atoms with E-state index < -0.39 is 24.7 Å². The standard InChI is InChI=1S/C8H8F3N3O3S/c9-8(10,11)3-13-7(17)12-1-5-14-4(2-18-5)6(15)16/h2H,1,3H2,(H,15,16)(H2,12,13,17). The van der Waals surface area contributed by atoms with Crippen molar-refractivity contribution in [3.63, 3.8) is 0 Å². The second kappa shape index (κ2) is 5.67. The van der Waals surface area contributed by atoms with E-state index in [9.17, 15) is 22.8 Å². The Labute approximate surface area is 103 Å². The summed E-state index contributed by atoms with van der Waals surface area (Å²) in [7, 11) is 0. The van der Waals surface area contributed by atoms with Crippen molar-refractivity contribution < 1.29 is 27.9 Å². The molecule has 3 N–H and O–H groups in total. The summed E-state index contributed by atoms with van der Waals surface area (Å²) in [5.41, 5.74) is -0.174. The van der Waals surface area contributed by atoms with E-state index in [0.717, 1.165) is 11.3 Å². The fourth-order valence-electron chi connectivity index (χ4n) is 0.889. The van der Waals surface area contributed by atoms with Crippen molar-refractivity contribution in [1.29, 1.82) is 0 Å². The number of alkyl halides is 3. The number of aromatic carboxylic acids is 1. The zero-order chi connectivity index (χ0) is 13.8. The lowest BCUT2D eigenvalue weighted by atomic mass is 10.5. The number of rotatable bonds is 4. The Bertz CT molecular complexity index is 446. The maximum Gasteiger partial charge on any atom is 0.405 e. The molecule has 0 bridgehead atoms. The van der Waals surface area contributed by atoms with Crippen molar-refractivity contribution >= 4 is 23.3 Å². The Morgan fingerprint density at radius 3 is 2.56 bits per heavy atom. The summed E-state index contributed by atoms with van der Waals surface area (Å²) in [5, 5.41) is 13.9. The van der Waals surface area contributed by atoms with Gasteiger partial charge in [0.15, 0.2) is 5.69 Å². The number of nitrogens with zero attached hydrogens (tertiary/aromatic N) is 1. The molecule has 0 saturated carbocycles. The largest absolute Gasteiger partial charge is 0.476 e. The number of amides is 2. The van der Waals surface area contributed by atoms with E-state index in [4.69, 9.17) is 5.11 Å². The molecule has 1 aromatic rings. The van der Waals surface area contributed by atoms with E-state index in [0.29, 0.717) is 0 Å². The van der Waals surface area contributed by atoms with Crippen LogP contribution in [0.3, 0.4) is 0 Å². The molecule has 2 amide bonds. The molecule has 10 heteroatoms. The fraction of sp³-hybridized carbons (Fsp3) is 0.375. The molecule has 0 aliphatic carbocycles. The monoisotopic (exact) mass is 283 g/mol. The first kappa shape index (κ1) is 14.2. The van der Waals surface area contributed by atoms with Crippen LogP contribution in [0.1, 0.15) is 15.5 Å². The van der Waals surface area contributed by atoms with Gasteiger partial charge in [-0.25, -0.2) is 14.6 Å². The summed E-state index contributed by atoms with van der Waals surface area (Å²) in [5.74, 6) is -1.21. The van der Waals surface area contributed by atoms with E-state index >= 15 is 0 Å². The number of aromatic nitrogens is 1. The average molecular weight is 283 g/mol. The van der Waals surface area contributed by atoms with E-state index in [-0.39, 0.29) is 17.2 Å². The number of carbonyl (C=O) groups is 2. The molecule has 0 spiro atoms. The van der Waals surface area contributed by atoms with E-state index in [1.165, 1.54) is 5.38 Å². The Morgan fingerprint density at radius 1 is 1.39 bits per heavy atom. The van der Waals surface area contributed by atoms with Crippen molar-refractivity contribution in [3.8, 4) is 0 Å². The zero-order valence-electron chi connectivity index (χ0n) is 8.74. The van der Waals surface area contributed by atoms with Gasteiger partial charge in [-0.15, -0.1) is 11.3 Å². The predicted molar refractivity (Wildman–Crippen MR) is 55.4 cm³/mol. The molecule has 0 atom stereocenters. The first-order valence-corrected chi connectivity index (χ1v) is 5.42. The van der Waals surface area contributed by atoms with Gasteiger partial charge in [-0.1, -0.05) is 0 Å². The third kappa shape index (κ3) is 4.99. The first-order valence-electron chi connectivity index (χ1n) is 4.54. The molecule has 0 unspecified atom stereocenters. The topological polar surface area (TPSA) is 91.3 Å². The van der Waals surface area contributed by atoms with Crippen molar-refractivity contribution in [3.05, 3.63) is 16.1 Å². The Kier molecular flexibility index (Phi) is 4.48. The van der Waals surface area contributed by atoms with Crippen LogP contribution in [0.5, 0.6) is 0 Å². The van der Waals surface area contributed by atoms with E-state index in [1.807, 2.05) is 0 Å². The van der Waals surface area contributed by atoms with Crippen LogP contribution in [0, 0.1) is 0 Å². The van der Waals surface area contributed by atoms with Crippen molar-refractivity contribution in [2.24, 2.45) is 0 Å². The molecule has 0 aliphatic rings. The number of hydrogen-bond acceptors (Lipinski definition) is 4. The molecule has 0 aliphatic heterocycles. The van der Waals surface area contributed by atoms with Crippen LogP contribution in [0.15, 0.2) is 5.38 Å². The maximum absolute atomic E-state index is 11.8. The van der Waals surface area contributed by atoms with Crippen LogP contribution in [0.2, 0.25) is 0 Å². The van der Waals surface area contributed by atoms with Crippen LogP contribution in [-0.2, 0) is 6.54 Å². The first-order chi connectivity index (χ1) is 8.28. The highest BCUT2D eigenvalue weighted by Crippen LogP contribution is 2.12. The number of carboxylic acids is 1. The number of thiazole rings is 1. The summed E-state index contributed by atoms with van der Waals surface area (Å²) in [6.07, 6.45) is -4.48. The van der Waals surface area contributed by atoms with Gasteiger partial charge in [0.1, 0.15) is 11.6 Å². The predicted octanol–water partition coefficient (Wildman–Crippen LogP) is 1.20. The van der Waals surface area contributed by atoms with Crippen LogP contribution >= 0.6 is 11.3 Å².